The summed E-state index contributed by atoms with van der Waals surface area (Å²) in [5, 5.41) is 4.05. The quantitative estimate of drug-likeness (QED) is 0.794. The summed E-state index contributed by atoms with van der Waals surface area (Å²) < 4.78 is 6.43. The van der Waals surface area contributed by atoms with Gasteiger partial charge >= 0.3 is 0 Å². The topological polar surface area (TPSA) is 54.1 Å². The third kappa shape index (κ3) is 3.20. The maximum Gasteiger partial charge on any atom is 0.219 e. The number of H-pyrrole nitrogens is 1. The van der Waals surface area contributed by atoms with Crippen LogP contribution < -0.4 is 10.1 Å². The van der Waals surface area contributed by atoms with Crippen LogP contribution in [0, 0.1) is 3.57 Å². The van der Waals surface area contributed by atoms with Gasteiger partial charge in [-0.2, -0.15) is 0 Å². The Bertz CT molecular complexity index is 592. The lowest BCUT2D eigenvalue weighted by atomic mass is 10.1. The molecule has 0 spiro atoms. The van der Waals surface area contributed by atoms with Gasteiger partial charge < -0.3 is 15.0 Å². The molecule has 0 unspecified atom stereocenters. The second-order valence-corrected chi connectivity index (χ2v) is 5.46. The molecule has 4 nitrogen and oxygen atoms in total. The van der Waals surface area contributed by atoms with Crippen LogP contribution in [-0.2, 0) is 11.2 Å². The summed E-state index contributed by atoms with van der Waals surface area (Å²) in [6, 6.07) is 4.12. The zero-order valence-electron chi connectivity index (χ0n) is 11.0. The van der Waals surface area contributed by atoms with Gasteiger partial charge in [-0.3, -0.25) is 4.79 Å². The molecule has 19 heavy (non-hydrogen) atoms. The lowest BCUT2D eigenvalue weighted by Crippen LogP contribution is -2.24. The van der Waals surface area contributed by atoms with Crippen molar-refractivity contribution in [2.75, 3.05) is 13.7 Å². The van der Waals surface area contributed by atoms with E-state index in [1.54, 1.807) is 7.11 Å². The van der Waals surface area contributed by atoms with E-state index in [0.29, 0.717) is 13.0 Å². The highest BCUT2D eigenvalue weighted by Crippen LogP contribution is 2.29. The number of carbonyl (C=O) groups excluding carboxylic acids is 1. The molecular formula is C14H17IN2O2. The van der Waals surface area contributed by atoms with Gasteiger partial charge in [-0.15, -0.1) is 0 Å². The minimum atomic E-state index is 0.0898. The molecule has 0 fully saturated rings. The molecule has 1 aromatic carbocycles. The number of amides is 1. The van der Waals surface area contributed by atoms with Crippen molar-refractivity contribution in [2.45, 2.75) is 19.8 Å². The number of halogens is 1. The predicted octanol–water partition coefficient (Wildman–Crippen LogP) is 2.85. The SMILES string of the molecule is CCC(=O)NCCc1c[nH]c2cc(I)c(OC)cc12. The van der Waals surface area contributed by atoms with Gasteiger partial charge in [0.25, 0.3) is 0 Å². The number of ether oxygens (including phenoxy) is 1. The van der Waals surface area contributed by atoms with Crippen molar-refractivity contribution in [3.8, 4) is 5.75 Å². The van der Waals surface area contributed by atoms with E-state index < -0.39 is 0 Å². The maximum atomic E-state index is 11.2. The number of benzene rings is 1. The average Bonchev–Trinajstić information content (AvgIpc) is 2.79. The number of nitrogens with one attached hydrogen (secondary N) is 2. The highest BCUT2D eigenvalue weighted by atomic mass is 127. The fourth-order valence-electron chi connectivity index (χ4n) is 2.01. The van der Waals surface area contributed by atoms with Crippen LogP contribution >= 0.6 is 22.6 Å². The van der Waals surface area contributed by atoms with Crippen molar-refractivity contribution in [3.63, 3.8) is 0 Å². The lowest BCUT2D eigenvalue weighted by molar-refractivity contribution is -0.120. The number of carbonyl (C=O) groups is 1. The van der Waals surface area contributed by atoms with Gasteiger partial charge in [0, 0.05) is 30.1 Å². The van der Waals surface area contributed by atoms with E-state index in [2.05, 4.69) is 39.0 Å². The van der Waals surface area contributed by atoms with E-state index in [1.165, 1.54) is 5.56 Å². The summed E-state index contributed by atoms with van der Waals surface area (Å²) in [6.07, 6.45) is 3.34. The number of fused-ring (bicyclic) bond motifs is 1. The van der Waals surface area contributed by atoms with Crippen LogP contribution in [0.4, 0.5) is 0 Å². The molecule has 1 heterocycles. The normalized spacial score (nSPS) is 10.7. The molecule has 2 N–H and O–H groups in total. The van der Waals surface area contributed by atoms with Crippen LogP contribution in [0.25, 0.3) is 10.9 Å². The fourth-order valence-corrected chi connectivity index (χ4v) is 2.69. The van der Waals surface area contributed by atoms with Crippen LogP contribution in [-0.4, -0.2) is 24.5 Å². The van der Waals surface area contributed by atoms with Crippen molar-refractivity contribution in [1.29, 1.82) is 0 Å². The number of aromatic nitrogens is 1. The first kappa shape index (κ1) is 14.2. The Balaban J connectivity index is 2.17. The van der Waals surface area contributed by atoms with Crippen molar-refractivity contribution in [3.05, 3.63) is 27.5 Å². The van der Waals surface area contributed by atoms with Crippen LogP contribution in [0.5, 0.6) is 5.75 Å². The standard InChI is InChI=1S/C14H17IN2O2/c1-3-14(18)16-5-4-9-8-17-12-7-11(15)13(19-2)6-10(9)12/h6-8,17H,3-5H2,1-2H3,(H,16,18). The summed E-state index contributed by atoms with van der Waals surface area (Å²) in [6.45, 7) is 2.52. The molecule has 0 saturated heterocycles. The predicted molar refractivity (Wildman–Crippen MR) is 84.6 cm³/mol. The number of aromatic amines is 1. The second-order valence-electron chi connectivity index (χ2n) is 4.30. The van der Waals surface area contributed by atoms with Gasteiger partial charge in [0.05, 0.1) is 10.7 Å². The Hall–Kier alpha value is -1.24. The molecular weight excluding hydrogens is 355 g/mol. The number of methoxy groups -OCH3 is 1. The first-order valence-corrected chi connectivity index (χ1v) is 7.33. The van der Waals surface area contributed by atoms with E-state index in [-0.39, 0.29) is 5.91 Å². The Kier molecular flexibility index (Phi) is 4.68. The van der Waals surface area contributed by atoms with Gasteiger partial charge in [0.2, 0.25) is 5.91 Å². The van der Waals surface area contributed by atoms with Crippen molar-refractivity contribution >= 4 is 39.4 Å². The van der Waals surface area contributed by atoms with Crippen molar-refractivity contribution in [2.24, 2.45) is 0 Å². The molecule has 0 bridgehead atoms. The van der Waals surface area contributed by atoms with Gasteiger partial charge in [0.1, 0.15) is 5.75 Å². The highest BCUT2D eigenvalue weighted by molar-refractivity contribution is 14.1. The third-order valence-electron chi connectivity index (χ3n) is 3.08. The minimum absolute atomic E-state index is 0.0898. The highest BCUT2D eigenvalue weighted by Gasteiger charge is 2.08. The minimum Gasteiger partial charge on any atom is -0.496 e. The molecule has 2 aromatic rings. The lowest BCUT2D eigenvalue weighted by Gasteiger charge is -2.05. The molecule has 1 amide bonds. The molecule has 0 aliphatic heterocycles. The summed E-state index contributed by atoms with van der Waals surface area (Å²) in [5.41, 5.74) is 2.29. The Labute approximate surface area is 126 Å². The van der Waals surface area contributed by atoms with Gasteiger partial charge in [-0.05, 0) is 46.7 Å². The molecule has 0 radical (unpaired) electrons. The van der Waals surface area contributed by atoms with Crippen LogP contribution in [0.2, 0.25) is 0 Å². The first-order valence-electron chi connectivity index (χ1n) is 6.26. The maximum absolute atomic E-state index is 11.2. The van der Waals surface area contributed by atoms with Crippen molar-refractivity contribution < 1.29 is 9.53 Å². The smallest absolute Gasteiger partial charge is 0.219 e. The fraction of sp³-hybridized carbons (Fsp3) is 0.357. The molecule has 2 rings (SSSR count). The number of rotatable bonds is 5. The molecule has 0 aliphatic rings. The largest absolute Gasteiger partial charge is 0.496 e. The Morgan fingerprint density at radius 1 is 1.47 bits per heavy atom. The number of hydrogen-bond donors (Lipinski definition) is 2. The van der Waals surface area contributed by atoms with Gasteiger partial charge in [0.15, 0.2) is 0 Å². The van der Waals surface area contributed by atoms with E-state index in [9.17, 15) is 4.79 Å². The third-order valence-corrected chi connectivity index (χ3v) is 3.92. The van der Waals surface area contributed by atoms with E-state index in [0.717, 1.165) is 26.6 Å². The summed E-state index contributed by atoms with van der Waals surface area (Å²) >= 11 is 2.26. The van der Waals surface area contributed by atoms with Crippen LogP contribution in [0.1, 0.15) is 18.9 Å². The van der Waals surface area contributed by atoms with Crippen LogP contribution in [0.15, 0.2) is 18.3 Å². The van der Waals surface area contributed by atoms with Crippen molar-refractivity contribution in [1.82, 2.24) is 10.3 Å². The summed E-state index contributed by atoms with van der Waals surface area (Å²) in [7, 11) is 1.68. The Morgan fingerprint density at radius 3 is 2.95 bits per heavy atom. The molecule has 0 aliphatic carbocycles. The van der Waals surface area contributed by atoms with Gasteiger partial charge in [-0.25, -0.2) is 0 Å². The Morgan fingerprint density at radius 2 is 2.26 bits per heavy atom. The monoisotopic (exact) mass is 372 g/mol. The molecule has 0 atom stereocenters. The molecule has 5 heteroatoms. The van der Waals surface area contributed by atoms with E-state index in [4.69, 9.17) is 4.74 Å². The summed E-state index contributed by atoms with van der Waals surface area (Å²) in [5.74, 6) is 0.971. The zero-order chi connectivity index (χ0) is 13.8. The summed E-state index contributed by atoms with van der Waals surface area (Å²) in [4.78, 5) is 14.5. The van der Waals surface area contributed by atoms with E-state index >= 15 is 0 Å². The average molecular weight is 372 g/mol. The molecule has 102 valence electrons. The zero-order valence-corrected chi connectivity index (χ0v) is 13.2. The molecule has 1 aromatic heterocycles. The second kappa shape index (κ2) is 6.27. The first-order chi connectivity index (χ1) is 9.15. The number of hydrogen-bond acceptors (Lipinski definition) is 2. The van der Waals surface area contributed by atoms with Gasteiger partial charge in [-0.1, -0.05) is 6.92 Å². The van der Waals surface area contributed by atoms with Crippen LogP contribution in [0.3, 0.4) is 0 Å². The molecule has 0 saturated carbocycles. The van der Waals surface area contributed by atoms with E-state index in [1.807, 2.05) is 19.2 Å².